The SMILES string of the molecule is CC1=N[C@@H](c2ccccc2)[C@@H](c2ccccc2)O1. The highest BCUT2D eigenvalue weighted by molar-refractivity contribution is 5.75. The first kappa shape index (κ1) is 11.0. The van der Waals surface area contributed by atoms with Gasteiger partial charge in [0, 0.05) is 6.92 Å². The number of hydrogen-bond acceptors (Lipinski definition) is 2. The predicted octanol–water partition coefficient (Wildman–Crippen LogP) is 3.92. The fourth-order valence-corrected chi connectivity index (χ4v) is 2.33. The van der Waals surface area contributed by atoms with E-state index in [0.717, 1.165) is 5.90 Å². The topological polar surface area (TPSA) is 21.6 Å². The summed E-state index contributed by atoms with van der Waals surface area (Å²) in [5.74, 6) is 0.762. The van der Waals surface area contributed by atoms with E-state index in [4.69, 9.17) is 4.74 Å². The Bertz CT molecular complexity index is 548. The molecule has 1 aliphatic rings. The van der Waals surface area contributed by atoms with Gasteiger partial charge in [0.25, 0.3) is 0 Å². The van der Waals surface area contributed by atoms with Crippen LogP contribution in [0.3, 0.4) is 0 Å². The summed E-state index contributed by atoms with van der Waals surface area (Å²) in [5, 5.41) is 0. The lowest BCUT2D eigenvalue weighted by Crippen LogP contribution is -2.07. The molecule has 2 heteroatoms. The van der Waals surface area contributed by atoms with Gasteiger partial charge >= 0.3 is 0 Å². The summed E-state index contributed by atoms with van der Waals surface area (Å²) in [7, 11) is 0. The van der Waals surface area contributed by atoms with Crippen molar-refractivity contribution in [2.75, 3.05) is 0 Å². The Morgan fingerprint density at radius 3 is 2.00 bits per heavy atom. The average molecular weight is 237 g/mol. The average Bonchev–Trinajstić information content (AvgIpc) is 2.83. The van der Waals surface area contributed by atoms with Crippen LogP contribution in [0.2, 0.25) is 0 Å². The highest BCUT2D eigenvalue weighted by atomic mass is 16.5. The molecule has 0 N–H and O–H groups in total. The van der Waals surface area contributed by atoms with Gasteiger partial charge in [-0.05, 0) is 11.1 Å². The minimum Gasteiger partial charge on any atom is -0.471 e. The quantitative estimate of drug-likeness (QED) is 0.775. The molecule has 0 radical (unpaired) electrons. The molecule has 0 unspecified atom stereocenters. The van der Waals surface area contributed by atoms with Gasteiger partial charge in [-0.3, -0.25) is 0 Å². The smallest absolute Gasteiger partial charge is 0.181 e. The second kappa shape index (κ2) is 4.65. The molecule has 2 nitrogen and oxygen atoms in total. The van der Waals surface area contributed by atoms with Crippen molar-refractivity contribution in [1.29, 1.82) is 0 Å². The van der Waals surface area contributed by atoms with Crippen LogP contribution in [-0.2, 0) is 4.74 Å². The molecule has 0 spiro atoms. The molecule has 2 aromatic carbocycles. The molecule has 90 valence electrons. The first-order chi connectivity index (χ1) is 8.84. The van der Waals surface area contributed by atoms with Gasteiger partial charge < -0.3 is 4.74 Å². The first-order valence-corrected chi connectivity index (χ1v) is 6.15. The van der Waals surface area contributed by atoms with Crippen molar-refractivity contribution in [3.05, 3.63) is 71.8 Å². The van der Waals surface area contributed by atoms with E-state index in [0.29, 0.717) is 0 Å². The van der Waals surface area contributed by atoms with Crippen LogP contribution in [0.15, 0.2) is 65.7 Å². The van der Waals surface area contributed by atoms with Gasteiger partial charge in [0.2, 0.25) is 0 Å². The lowest BCUT2D eigenvalue weighted by Gasteiger charge is -2.18. The third-order valence-corrected chi connectivity index (χ3v) is 3.17. The van der Waals surface area contributed by atoms with Gasteiger partial charge in [-0.25, -0.2) is 4.99 Å². The molecule has 1 heterocycles. The number of aliphatic imine (C=N–C) groups is 1. The van der Waals surface area contributed by atoms with E-state index >= 15 is 0 Å². The Morgan fingerprint density at radius 2 is 1.39 bits per heavy atom. The molecule has 0 bridgehead atoms. The monoisotopic (exact) mass is 237 g/mol. The fraction of sp³-hybridized carbons (Fsp3) is 0.188. The maximum Gasteiger partial charge on any atom is 0.181 e. The van der Waals surface area contributed by atoms with Gasteiger partial charge in [-0.2, -0.15) is 0 Å². The molecule has 0 saturated carbocycles. The van der Waals surface area contributed by atoms with Crippen LogP contribution in [-0.4, -0.2) is 5.90 Å². The summed E-state index contributed by atoms with van der Waals surface area (Å²) in [6, 6.07) is 20.6. The number of ether oxygens (including phenoxy) is 1. The van der Waals surface area contributed by atoms with Gasteiger partial charge in [0.05, 0.1) is 0 Å². The van der Waals surface area contributed by atoms with E-state index in [1.54, 1.807) is 0 Å². The van der Waals surface area contributed by atoms with Crippen LogP contribution in [0, 0.1) is 0 Å². The summed E-state index contributed by atoms with van der Waals surface area (Å²) < 4.78 is 5.86. The van der Waals surface area contributed by atoms with Gasteiger partial charge in [0.15, 0.2) is 12.0 Å². The number of rotatable bonds is 2. The largest absolute Gasteiger partial charge is 0.471 e. The maximum atomic E-state index is 5.86. The molecule has 18 heavy (non-hydrogen) atoms. The Hall–Kier alpha value is -2.09. The van der Waals surface area contributed by atoms with E-state index in [1.807, 2.05) is 43.3 Å². The van der Waals surface area contributed by atoms with E-state index < -0.39 is 0 Å². The van der Waals surface area contributed by atoms with Gasteiger partial charge in [-0.15, -0.1) is 0 Å². The lowest BCUT2D eigenvalue weighted by atomic mass is 9.97. The normalized spacial score (nSPS) is 22.4. The third-order valence-electron chi connectivity index (χ3n) is 3.17. The Kier molecular flexibility index (Phi) is 2.85. The lowest BCUT2D eigenvalue weighted by molar-refractivity contribution is 0.195. The molecule has 2 aromatic rings. The van der Waals surface area contributed by atoms with Gasteiger partial charge in [0.1, 0.15) is 6.04 Å². The van der Waals surface area contributed by atoms with Crippen molar-refractivity contribution >= 4 is 5.90 Å². The van der Waals surface area contributed by atoms with Crippen LogP contribution in [0.1, 0.15) is 30.2 Å². The zero-order valence-corrected chi connectivity index (χ0v) is 10.3. The van der Waals surface area contributed by atoms with Gasteiger partial charge in [-0.1, -0.05) is 60.7 Å². The summed E-state index contributed by atoms with van der Waals surface area (Å²) in [6.45, 7) is 1.92. The van der Waals surface area contributed by atoms with Crippen LogP contribution < -0.4 is 0 Å². The fourth-order valence-electron chi connectivity index (χ4n) is 2.33. The second-order valence-corrected chi connectivity index (χ2v) is 4.45. The summed E-state index contributed by atoms with van der Waals surface area (Å²) >= 11 is 0. The summed E-state index contributed by atoms with van der Waals surface area (Å²) in [6.07, 6.45) is -0.00593. The highest BCUT2D eigenvalue weighted by Crippen LogP contribution is 2.39. The molecule has 1 aliphatic heterocycles. The molecule has 0 aromatic heterocycles. The number of nitrogens with zero attached hydrogens (tertiary/aromatic N) is 1. The maximum absolute atomic E-state index is 5.86. The standard InChI is InChI=1S/C16H15NO/c1-12-17-15(13-8-4-2-5-9-13)16(18-12)14-10-6-3-7-11-14/h2-11,15-16H,1H3/t15-,16+/m0/s1. The minimum atomic E-state index is -0.00593. The zero-order valence-electron chi connectivity index (χ0n) is 10.3. The third kappa shape index (κ3) is 2.02. The molecule has 0 aliphatic carbocycles. The van der Waals surface area contributed by atoms with Crippen molar-refractivity contribution in [2.24, 2.45) is 4.99 Å². The molecular formula is C16H15NO. The molecule has 3 rings (SSSR count). The highest BCUT2D eigenvalue weighted by Gasteiger charge is 2.31. The number of hydrogen-bond donors (Lipinski definition) is 0. The van der Waals surface area contributed by atoms with Crippen LogP contribution >= 0.6 is 0 Å². The Balaban J connectivity index is 1.97. The summed E-state index contributed by atoms with van der Waals surface area (Å²) in [4.78, 5) is 4.61. The van der Waals surface area contributed by atoms with Crippen LogP contribution in [0.25, 0.3) is 0 Å². The molecule has 0 saturated heterocycles. The van der Waals surface area contributed by atoms with Crippen molar-refractivity contribution in [3.8, 4) is 0 Å². The molecule has 0 amide bonds. The first-order valence-electron chi connectivity index (χ1n) is 6.15. The van der Waals surface area contributed by atoms with Crippen molar-refractivity contribution < 1.29 is 4.74 Å². The second-order valence-electron chi connectivity index (χ2n) is 4.45. The van der Waals surface area contributed by atoms with Crippen LogP contribution in [0.5, 0.6) is 0 Å². The Labute approximate surface area is 107 Å². The van der Waals surface area contributed by atoms with Crippen molar-refractivity contribution in [1.82, 2.24) is 0 Å². The van der Waals surface area contributed by atoms with Crippen molar-refractivity contribution in [2.45, 2.75) is 19.1 Å². The molecular weight excluding hydrogens is 222 g/mol. The van der Waals surface area contributed by atoms with Crippen molar-refractivity contribution in [3.63, 3.8) is 0 Å². The van der Waals surface area contributed by atoms with E-state index in [1.165, 1.54) is 11.1 Å². The number of benzene rings is 2. The van der Waals surface area contributed by atoms with Crippen LogP contribution in [0.4, 0.5) is 0 Å². The predicted molar refractivity (Wildman–Crippen MR) is 72.6 cm³/mol. The minimum absolute atomic E-state index is 0.00593. The zero-order chi connectivity index (χ0) is 12.4. The van der Waals surface area contributed by atoms with E-state index in [-0.39, 0.29) is 12.1 Å². The summed E-state index contributed by atoms with van der Waals surface area (Å²) in [5.41, 5.74) is 2.37. The molecule has 0 fully saturated rings. The Morgan fingerprint density at radius 1 is 0.833 bits per heavy atom. The van der Waals surface area contributed by atoms with E-state index in [9.17, 15) is 0 Å². The van der Waals surface area contributed by atoms with E-state index in [2.05, 4.69) is 29.3 Å². The molecule has 2 atom stereocenters.